The van der Waals surface area contributed by atoms with Crippen molar-refractivity contribution < 1.29 is 4.79 Å². The molecule has 1 aromatic heterocycles. The molecule has 126 valence electrons. The van der Waals surface area contributed by atoms with Crippen LogP contribution in [-0.4, -0.2) is 40.9 Å². The van der Waals surface area contributed by atoms with Crippen LogP contribution in [0.15, 0.2) is 47.6 Å². The second-order valence-corrected chi connectivity index (χ2v) is 8.03. The van der Waals surface area contributed by atoms with Crippen molar-refractivity contribution in [2.24, 2.45) is 0 Å². The third-order valence-corrected chi connectivity index (χ3v) is 6.44. The highest BCUT2D eigenvalue weighted by Crippen LogP contribution is 2.38. The molecular weight excluding hydrogens is 360 g/mol. The lowest BCUT2D eigenvalue weighted by molar-refractivity contribution is 0.0762. The van der Waals surface area contributed by atoms with E-state index in [2.05, 4.69) is 11.1 Å². The third-order valence-electron chi connectivity index (χ3n) is 4.08. The van der Waals surface area contributed by atoms with Crippen LogP contribution in [0.25, 0.3) is 0 Å². The molecule has 24 heavy (non-hydrogen) atoms. The van der Waals surface area contributed by atoms with Gasteiger partial charge >= 0.3 is 0 Å². The van der Waals surface area contributed by atoms with Crippen LogP contribution in [0, 0.1) is 0 Å². The summed E-state index contributed by atoms with van der Waals surface area (Å²) in [7, 11) is 0. The first-order valence-corrected chi connectivity index (χ1v) is 10.5. The summed E-state index contributed by atoms with van der Waals surface area (Å²) in [6, 6.07) is 11.7. The smallest absolute Gasteiger partial charge is 0.256 e. The van der Waals surface area contributed by atoms with Crippen molar-refractivity contribution in [1.82, 2.24) is 9.88 Å². The predicted molar refractivity (Wildman–Crippen MR) is 103 cm³/mol. The number of rotatable bonds is 3. The highest BCUT2D eigenvalue weighted by molar-refractivity contribution is 7.99. The fourth-order valence-electron chi connectivity index (χ4n) is 2.84. The van der Waals surface area contributed by atoms with Crippen molar-refractivity contribution in [3.63, 3.8) is 0 Å². The van der Waals surface area contributed by atoms with Gasteiger partial charge < -0.3 is 4.90 Å². The zero-order valence-corrected chi connectivity index (χ0v) is 15.8. The van der Waals surface area contributed by atoms with E-state index in [9.17, 15) is 4.79 Å². The Bertz CT molecular complexity index is 726. The second kappa shape index (κ2) is 8.28. The topological polar surface area (TPSA) is 33.2 Å². The van der Waals surface area contributed by atoms with Crippen LogP contribution in [0.3, 0.4) is 0 Å². The van der Waals surface area contributed by atoms with Crippen molar-refractivity contribution in [2.45, 2.75) is 16.7 Å². The van der Waals surface area contributed by atoms with Gasteiger partial charge in [-0.3, -0.25) is 4.79 Å². The molecule has 3 rings (SSSR count). The van der Waals surface area contributed by atoms with Gasteiger partial charge in [-0.1, -0.05) is 29.8 Å². The highest BCUT2D eigenvalue weighted by Gasteiger charge is 2.25. The molecule has 0 radical (unpaired) electrons. The molecular formula is C18H19ClN2OS2. The van der Waals surface area contributed by atoms with E-state index >= 15 is 0 Å². The maximum Gasteiger partial charge on any atom is 0.256 e. The number of aromatic nitrogens is 1. The summed E-state index contributed by atoms with van der Waals surface area (Å²) in [5.74, 6) is 0.990. The van der Waals surface area contributed by atoms with Crippen molar-refractivity contribution in [3.8, 4) is 0 Å². The lowest BCUT2D eigenvalue weighted by atomic mass is 10.1. The van der Waals surface area contributed by atoms with Crippen LogP contribution >= 0.6 is 35.1 Å². The lowest BCUT2D eigenvalue weighted by Crippen LogP contribution is -2.33. The number of carbonyl (C=O) groups excluding carboxylic acids is 1. The SMILES string of the molecule is CSc1ncccc1C(=O)N1CCS[C@@H](c2ccccc2Cl)CC1. The molecule has 0 bridgehead atoms. The van der Waals surface area contributed by atoms with Crippen LogP contribution in [0.4, 0.5) is 0 Å². The summed E-state index contributed by atoms with van der Waals surface area (Å²) in [5.41, 5.74) is 1.87. The minimum atomic E-state index is 0.0767. The van der Waals surface area contributed by atoms with Gasteiger partial charge in [0.15, 0.2) is 0 Å². The van der Waals surface area contributed by atoms with Gasteiger partial charge in [0.1, 0.15) is 5.03 Å². The van der Waals surface area contributed by atoms with Crippen molar-refractivity contribution in [1.29, 1.82) is 0 Å². The van der Waals surface area contributed by atoms with Crippen molar-refractivity contribution in [3.05, 3.63) is 58.7 Å². The summed E-state index contributed by atoms with van der Waals surface area (Å²) < 4.78 is 0. The van der Waals surface area contributed by atoms with E-state index in [1.807, 2.05) is 53.2 Å². The molecule has 1 aromatic carbocycles. The van der Waals surface area contributed by atoms with Crippen LogP contribution in [0.2, 0.25) is 5.02 Å². The molecule has 0 unspecified atom stereocenters. The molecule has 3 nitrogen and oxygen atoms in total. The van der Waals surface area contributed by atoms with Gasteiger partial charge in [0.25, 0.3) is 5.91 Å². The molecule has 0 spiro atoms. The Labute approximate surface area is 156 Å². The van der Waals surface area contributed by atoms with E-state index < -0.39 is 0 Å². The third kappa shape index (κ3) is 3.90. The largest absolute Gasteiger partial charge is 0.338 e. The first-order valence-electron chi connectivity index (χ1n) is 7.85. The maximum atomic E-state index is 12.9. The van der Waals surface area contributed by atoms with Crippen LogP contribution in [0.1, 0.15) is 27.6 Å². The second-order valence-electron chi connectivity index (χ2n) is 5.52. The number of nitrogens with zero attached hydrogens (tertiary/aromatic N) is 2. The Balaban J connectivity index is 1.74. The van der Waals surface area contributed by atoms with Gasteiger partial charge in [-0.15, -0.1) is 11.8 Å². The summed E-state index contributed by atoms with van der Waals surface area (Å²) in [5, 5.41) is 1.94. The van der Waals surface area contributed by atoms with Gasteiger partial charge in [-0.2, -0.15) is 11.8 Å². The molecule has 1 fully saturated rings. The minimum absolute atomic E-state index is 0.0767. The monoisotopic (exact) mass is 378 g/mol. The molecule has 2 aromatic rings. The highest BCUT2D eigenvalue weighted by atomic mass is 35.5. The minimum Gasteiger partial charge on any atom is -0.338 e. The van der Waals surface area contributed by atoms with E-state index in [0.29, 0.717) is 10.8 Å². The van der Waals surface area contributed by atoms with E-state index in [-0.39, 0.29) is 5.91 Å². The van der Waals surface area contributed by atoms with E-state index in [1.54, 1.807) is 6.20 Å². The fraction of sp³-hybridized carbons (Fsp3) is 0.333. The average Bonchev–Trinajstić information content (AvgIpc) is 2.87. The maximum absolute atomic E-state index is 12.9. The summed E-state index contributed by atoms with van der Waals surface area (Å²) in [6.45, 7) is 1.50. The van der Waals surface area contributed by atoms with Gasteiger partial charge in [0.2, 0.25) is 0 Å². The lowest BCUT2D eigenvalue weighted by Gasteiger charge is -2.21. The van der Waals surface area contributed by atoms with E-state index in [0.717, 1.165) is 35.3 Å². The van der Waals surface area contributed by atoms with Crippen LogP contribution in [0.5, 0.6) is 0 Å². The number of hydrogen-bond donors (Lipinski definition) is 0. The van der Waals surface area contributed by atoms with Gasteiger partial charge in [-0.25, -0.2) is 4.98 Å². The predicted octanol–water partition coefficient (Wildman–Crippen LogP) is 4.78. The zero-order chi connectivity index (χ0) is 16.9. The Morgan fingerprint density at radius 1 is 1.29 bits per heavy atom. The van der Waals surface area contributed by atoms with Crippen molar-refractivity contribution >= 4 is 41.0 Å². The number of thioether (sulfide) groups is 2. The quantitative estimate of drug-likeness (QED) is 0.720. The molecule has 0 aliphatic carbocycles. The number of carbonyl (C=O) groups is 1. The Morgan fingerprint density at radius 3 is 2.92 bits per heavy atom. The number of halogens is 1. The normalized spacial score (nSPS) is 18.2. The Kier molecular flexibility index (Phi) is 6.09. The molecule has 1 aliphatic heterocycles. The molecule has 1 amide bonds. The Morgan fingerprint density at radius 2 is 2.12 bits per heavy atom. The molecule has 0 saturated carbocycles. The number of hydrogen-bond acceptors (Lipinski definition) is 4. The molecule has 1 atom stereocenters. The number of pyridine rings is 1. The van der Waals surface area contributed by atoms with Gasteiger partial charge in [-0.05, 0) is 36.4 Å². The summed E-state index contributed by atoms with van der Waals surface area (Å²) in [4.78, 5) is 19.1. The Hall–Kier alpha value is -1.17. The van der Waals surface area contributed by atoms with Gasteiger partial charge in [0, 0.05) is 35.3 Å². The molecule has 1 aliphatic rings. The van der Waals surface area contributed by atoms with Crippen molar-refractivity contribution in [2.75, 3.05) is 25.1 Å². The molecule has 1 saturated heterocycles. The first kappa shape index (κ1) is 17.6. The van der Waals surface area contributed by atoms with Crippen LogP contribution < -0.4 is 0 Å². The fourth-order valence-corrected chi connectivity index (χ4v) is 4.99. The molecule has 0 N–H and O–H groups in total. The standard InChI is InChI=1S/C18H19ClN2OS2/c1-23-17-14(6-4-9-20-17)18(22)21-10-8-16(24-12-11-21)13-5-2-3-7-15(13)19/h2-7,9,16H,8,10-12H2,1H3/t16-/m1/s1. The summed E-state index contributed by atoms with van der Waals surface area (Å²) in [6.07, 6.45) is 4.59. The zero-order valence-electron chi connectivity index (χ0n) is 13.4. The van der Waals surface area contributed by atoms with Gasteiger partial charge in [0.05, 0.1) is 5.56 Å². The molecule has 6 heteroatoms. The summed E-state index contributed by atoms with van der Waals surface area (Å²) >= 11 is 9.73. The molecule has 2 heterocycles. The number of benzene rings is 1. The van der Waals surface area contributed by atoms with E-state index in [4.69, 9.17) is 11.6 Å². The number of amides is 1. The average molecular weight is 379 g/mol. The van der Waals surface area contributed by atoms with E-state index in [1.165, 1.54) is 17.3 Å². The first-order chi connectivity index (χ1) is 11.7. The van der Waals surface area contributed by atoms with Crippen LogP contribution in [-0.2, 0) is 0 Å².